The van der Waals surface area contributed by atoms with E-state index in [1.165, 1.54) is 12.8 Å². The van der Waals surface area contributed by atoms with E-state index in [1.54, 1.807) is 0 Å². The van der Waals surface area contributed by atoms with Gasteiger partial charge in [0.15, 0.2) is 0 Å². The Morgan fingerprint density at radius 3 is 2.00 bits per heavy atom. The lowest BCUT2D eigenvalue weighted by molar-refractivity contribution is 0.0596. The zero-order valence-corrected chi connectivity index (χ0v) is 6.01. The van der Waals surface area contributed by atoms with Crippen molar-refractivity contribution in [3.8, 4) is 0 Å². The summed E-state index contributed by atoms with van der Waals surface area (Å²) < 4.78 is 10.4. The molecule has 1 aliphatic heterocycles. The van der Waals surface area contributed by atoms with Crippen molar-refractivity contribution in [1.29, 1.82) is 0 Å². The molecule has 1 aliphatic carbocycles. The first kappa shape index (κ1) is 6.08. The van der Waals surface area contributed by atoms with Gasteiger partial charge in [0.1, 0.15) is 0 Å². The van der Waals surface area contributed by atoms with E-state index < -0.39 is 0 Å². The summed E-state index contributed by atoms with van der Waals surface area (Å²) in [4.78, 5) is 0. The lowest BCUT2D eigenvalue weighted by Crippen LogP contribution is -2.30. The van der Waals surface area contributed by atoms with Gasteiger partial charge in [-0.25, -0.2) is 0 Å². The molecule has 0 aromatic heterocycles. The molecular formula is C8H12O2. The highest BCUT2D eigenvalue weighted by Crippen LogP contribution is 2.37. The van der Waals surface area contributed by atoms with Crippen LogP contribution in [0.1, 0.15) is 12.8 Å². The SMILES string of the molecule is C=C1OCC2CCC2CO1. The summed E-state index contributed by atoms with van der Waals surface area (Å²) in [6, 6.07) is 0. The quantitative estimate of drug-likeness (QED) is 0.508. The van der Waals surface area contributed by atoms with Crippen LogP contribution >= 0.6 is 0 Å². The van der Waals surface area contributed by atoms with Gasteiger partial charge in [-0.05, 0) is 31.3 Å². The molecule has 2 unspecified atom stereocenters. The van der Waals surface area contributed by atoms with E-state index in [4.69, 9.17) is 9.47 Å². The molecule has 0 radical (unpaired) electrons. The number of hydrogen-bond acceptors (Lipinski definition) is 2. The highest BCUT2D eigenvalue weighted by molar-refractivity contribution is 4.85. The molecule has 0 aromatic rings. The van der Waals surface area contributed by atoms with Gasteiger partial charge in [-0.1, -0.05) is 0 Å². The van der Waals surface area contributed by atoms with E-state index in [0.717, 1.165) is 25.0 Å². The first-order valence-electron chi connectivity index (χ1n) is 3.81. The van der Waals surface area contributed by atoms with Gasteiger partial charge in [0.05, 0.1) is 13.2 Å². The maximum absolute atomic E-state index is 5.22. The molecule has 2 heteroatoms. The van der Waals surface area contributed by atoms with Crippen molar-refractivity contribution in [1.82, 2.24) is 0 Å². The molecule has 0 spiro atoms. The number of rotatable bonds is 0. The standard InChI is InChI=1S/C8H12O2/c1-6-9-4-7-2-3-8(7)5-10-6/h7-8H,1-5H2. The Morgan fingerprint density at radius 1 is 1.10 bits per heavy atom. The molecule has 0 N–H and O–H groups in total. The van der Waals surface area contributed by atoms with Crippen molar-refractivity contribution in [2.24, 2.45) is 11.8 Å². The maximum Gasteiger partial charge on any atom is 0.271 e. The third-order valence-electron chi connectivity index (χ3n) is 2.49. The molecule has 0 amide bonds. The average molecular weight is 140 g/mol. The van der Waals surface area contributed by atoms with E-state index in [2.05, 4.69) is 6.58 Å². The van der Waals surface area contributed by atoms with Crippen LogP contribution in [0, 0.1) is 11.8 Å². The Morgan fingerprint density at radius 2 is 1.60 bits per heavy atom. The second-order valence-corrected chi connectivity index (χ2v) is 3.09. The van der Waals surface area contributed by atoms with Crippen LogP contribution < -0.4 is 0 Å². The Labute approximate surface area is 60.8 Å². The summed E-state index contributed by atoms with van der Waals surface area (Å²) in [5.74, 6) is 2.01. The minimum Gasteiger partial charge on any atom is -0.466 e. The van der Waals surface area contributed by atoms with Gasteiger partial charge in [0.2, 0.25) is 0 Å². The topological polar surface area (TPSA) is 18.5 Å². The molecule has 2 rings (SSSR count). The van der Waals surface area contributed by atoms with Gasteiger partial charge >= 0.3 is 0 Å². The third-order valence-corrected chi connectivity index (χ3v) is 2.49. The van der Waals surface area contributed by atoms with Crippen LogP contribution in [-0.2, 0) is 9.47 Å². The molecule has 10 heavy (non-hydrogen) atoms. The molecule has 1 heterocycles. The Bertz CT molecular complexity index is 137. The average Bonchev–Trinajstić information content (AvgIpc) is 1.94. The minimum atomic E-state index is 0.509. The summed E-state index contributed by atoms with van der Waals surface area (Å²) in [5, 5.41) is 0. The third kappa shape index (κ3) is 0.877. The van der Waals surface area contributed by atoms with Crippen molar-refractivity contribution in [3.63, 3.8) is 0 Å². The van der Waals surface area contributed by atoms with Crippen molar-refractivity contribution in [2.75, 3.05) is 13.2 Å². The molecule has 2 fully saturated rings. The van der Waals surface area contributed by atoms with Gasteiger partial charge in [-0.3, -0.25) is 0 Å². The highest BCUT2D eigenvalue weighted by Gasteiger charge is 2.34. The van der Waals surface area contributed by atoms with Crippen LogP contribution in [0.25, 0.3) is 0 Å². The molecule has 56 valence electrons. The largest absolute Gasteiger partial charge is 0.466 e. The Hall–Kier alpha value is -0.660. The fraction of sp³-hybridized carbons (Fsp3) is 0.750. The van der Waals surface area contributed by atoms with Gasteiger partial charge in [0.25, 0.3) is 5.95 Å². The monoisotopic (exact) mass is 140 g/mol. The van der Waals surface area contributed by atoms with Crippen LogP contribution in [0.5, 0.6) is 0 Å². The van der Waals surface area contributed by atoms with Crippen molar-refractivity contribution in [3.05, 3.63) is 12.5 Å². The normalized spacial score (nSPS) is 38.2. The van der Waals surface area contributed by atoms with Gasteiger partial charge in [0, 0.05) is 0 Å². The number of hydrogen-bond donors (Lipinski definition) is 0. The van der Waals surface area contributed by atoms with Crippen molar-refractivity contribution < 1.29 is 9.47 Å². The van der Waals surface area contributed by atoms with Crippen molar-refractivity contribution >= 4 is 0 Å². The van der Waals surface area contributed by atoms with E-state index in [9.17, 15) is 0 Å². The predicted molar refractivity (Wildman–Crippen MR) is 37.3 cm³/mol. The zero-order valence-electron chi connectivity index (χ0n) is 6.01. The lowest BCUT2D eigenvalue weighted by atomic mass is 9.75. The molecule has 0 aromatic carbocycles. The first-order chi connectivity index (χ1) is 4.86. The van der Waals surface area contributed by atoms with Crippen LogP contribution in [-0.4, -0.2) is 13.2 Å². The molecule has 1 saturated heterocycles. The fourth-order valence-corrected chi connectivity index (χ4v) is 1.52. The van der Waals surface area contributed by atoms with Gasteiger partial charge in [-0.15, -0.1) is 0 Å². The van der Waals surface area contributed by atoms with E-state index in [0.29, 0.717) is 5.95 Å². The second-order valence-electron chi connectivity index (χ2n) is 3.09. The van der Waals surface area contributed by atoms with Crippen LogP contribution in [0.3, 0.4) is 0 Å². The maximum atomic E-state index is 5.22. The summed E-state index contributed by atoms with van der Waals surface area (Å²) >= 11 is 0. The minimum absolute atomic E-state index is 0.509. The molecule has 2 nitrogen and oxygen atoms in total. The smallest absolute Gasteiger partial charge is 0.271 e. The van der Waals surface area contributed by atoms with E-state index in [1.807, 2.05) is 0 Å². The fourth-order valence-electron chi connectivity index (χ4n) is 1.52. The van der Waals surface area contributed by atoms with E-state index >= 15 is 0 Å². The van der Waals surface area contributed by atoms with Gasteiger partial charge < -0.3 is 9.47 Å². The molecule has 1 saturated carbocycles. The summed E-state index contributed by atoms with van der Waals surface area (Å²) in [7, 11) is 0. The first-order valence-corrected chi connectivity index (χ1v) is 3.81. The van der Waals surface area contributed by atoms with Crippen LogP contribution in [0.15, 0.2) is 12.5 Å². The van der Waals surface area contributed by atoms with Gasteiger partial charge in [-0.2, -0.15) is 0 Å². The summed E-state index contributed by atoms with van der Waals surface area (Å²) in [6.45, 7) is 5.27. The second kappa shape index (κ2) is 2.19. The van der Waals surface area contributed by atoms with Crippen LogP contribution in [0.2, 0.25) is 0 Å². The number of fused-ring (bicyclic) bond motifs is 1. The molecular weight excluding hydrogens is 128 g/mol. The molecule has 2 aliphatic rings. The molecule has 0 bridgehead atoms. The molecule has 2 atom stereocenters. The Kier molecular flexibility index (Phi) is 1.33. The number of ether oxygens (including phenoxy) is 2. The highest BCUT2D eigenvalue weighted by atomic mass is 16.7. The summed E-state index contributed by atoms with van der Waals surface area (Å²) in [6.07, 6.45) is 2.61. The van der Waals surface area contributed by atoms with E-state index in [-0.39, 0.29) is 0 Å². The Balaban J connectivity index is 1.97. The van der Waals surface area contributed by atoms with Crippen LogP contribution in [0.4, 0.5) is 0 Å². The zero-order chi connectivity index (χ0) is 6.97. The summed E-state index contributed by atoms with van der Waals surface area (Å²) in [5.41, 5.74) is 0. The van der Waals surface area contributed by atoms with Crippen molar-refractivity contribution in [2.45, 2.75) is 12.8 Å². The predicted octanol–water partition coefficient (Wildman–Crippen LogP) is 1.53. The lowest BCUT2D eigenvalue weighted by Gasteiger charge is -2.32.